The Morgan fingerprint density at radius 2 is 0.792 bits per heavy atom. The van der Waals surface area contributed by atoms with Gasteiger partial charge in [0.1, 0.15) is 19.8 Å². The first-order valence-electron chi connectivity index (χ1n) is 15.3. The number of carbonyl (C=O) groups is 3. The van der Waals surface area contributed by atoms with Gasteiger partial charge in [-0.3, -0.25) is 0 Å². The van der Waals surface area contributed by atoms with Crippen molar-refractivity contribution >= 4 is 18.3 Å². The van der Waals surface area contributed by atoms with E-state index in [9.17, 15) is 14.4 Å². The Morgan fingerprint density at radius 3 is 1.04 bits per heavy atom. The maximum Gasteiger partial charge on any atom is 0.407 e. The van der Waals surface area contributed by atoms with Crippen molar-refractivity contribution in [2.45, 2.75) is 52.6 Å². The van der Waals surface area contributed by atoms with Crippen molar-refractivity contribution in [1.82, 2.24) is 32.4 Å². The number of nitrogens with one attached hydrogen (secondary N) is 6. The third-order valence-corrected chi connectivity index (χ3v) is 7.41. The molecule has 0 aliphatic carbocycles. The zero-order valence-electron chi connectivity index (χ0n) is 26.8. The average Bonchev–Trinajstić information content (AvgIpc) is 3.10. The van der Waals surface area contributed by atoms with E-state index in [0.29, 0.717) is 6.42 Å². The minimum atomic E-state index is -1.07. The van der Waals surface area contributed by atoms with E-state index in [1.165, 1.54) is 0 Å². The van der Waals surface area contributed by atoms with E-state index >= 15 is 0 Å². The summed E-state index contributed by atoms with van der Waals surface area (Å²) in [6.07, 6.45) is -1.84. The molecule has 0 bridgehead atoms. The molecule has 3 aromatic rings. The first-order valence-corrected chi connectivity index (χ1v) is 15.3. The molecule has 3 aromatic carbocycles. The van der Waals surface area contributed by atoms with Crippen LogP contribution in [0.1, 0.15) is 46.7 Å². The highest BCUT2D eigenvalue weighted by atomic mass is 16.6. The van der Waals surface area contributed by atoms with Gasteiger partial charge >= 0.3 is 18.3 Å². The maximum absolute atomic E-state index is 12.7. The fraction of sp³-hybridized carbons (Fsp3) is 0.364. The molecule has 3 amide bonds. The van der Waals surface area contributed by atoms with Crippen LogP contribution in [0.4, 0.5) is 14.4 Å². The molecule has 15 nitrogen and oxygen atoms in total. The van der Waals surface area contributed by atoms with Crippen molar-refractivity contribution < 1.29 is 44.2 Å². The summed E-state index contributed by atoms with van der Waals surface area (Å²) in [5, 5.41) is 34.9. The summed E-state index contributed by atoms with van der Waals surface area (Å²) in [4.78, 5) is 38.0. The molecule has 9 N–H and O–H groups in total. The van der Waals surface area contributed by atoms with Crippen molar-refractivity contribution in [3.8, 4) is 0 Å². The van der Waals surface area contributed by atoms with E-state index in [1.54, 1.807) is 25.1 Å². The normalized spacial score (nSPS) is 11.0. The first-order chi connectivity index (χ1) is 23.3. The summed E-state index contributed by atoms with van der Waals surface area (Å²) in [5.41, 5.74) is 10.0. The molecule has 0 unspecified atom stereocenters. The zero-order valence-corrected chi connectivity index (χ0v) is 26.8. The smallest absolute Gasteiger partial charge is 0.407 e. The number of rotatable bonds is 19. The van der Waals surface area contributed by atoms with Crippen molar-refractivity contribution in [3.05, 3.63) is 106 Å². The van der Waals surface area contributed by atoms with Gasteiger partial charge in [-0.1, -0.05) is 79.7 Å². The van der Waals surface area contributed by atoms with Crippen molar-refractivity contribution in [2.24, 2.45) is 5.41 Å². The quantitative estimate of drug-likeness (QED) is 0.0663. The SMILES string of the molecule is CCC(COC(=O)NCc1cccc(CNO)c1)(COC(=O)NCc1cccc(CNO)c1)COC(=O)NCc1cccc(CNO)c1. The summed E-state index contributed by atoms with van der Waals surface area (Å²) in [6, 6.07) is 21.8. The third kappa shape index (κ3) is 13.5. The number of carbonyl (C=O) groups excluding carboxylic acids is 3. The lowest BCUT2D eigenvalue weighted by atomic mass is 9.88. The van der Waals surface area contributed by atoms with Gasteiger partial charge in [0.25, 0.3) is 0 Å². The van der Waals surface area contributed by atoms with Crippen LogP contribution in [-0.4, -0.2) is 53.7 Å². The van der Waals surface area contributed by atoms with Crippen molar-refractivity contribution in [3.63, 3.8) is 0 Å². The number of hydrogen-bond donors (Lipinski definition) is 9. The van der Waals surface area contributed by atoms with E-state index < -0.39 is 23.7 Å². The van der Waals surface area contributed by atoms with Gasteiger partial charge in [0.15, 0.2) is 0 Å². The standard InChI is InChI=1S/C33H44N6O9/c1-2-33(21-46-30(40)34-15-24-6-3-9-27(12-24)18-37-43,22-47-31(41)35-16-25-7-4-10-28(13-25)19-38-44)23-48-32(42)36-17-26-8-5-11-29(14-26)20-39-45/h3-14,37-39,43-45H,2,15-23H2,1H3,(H,34,40)(H,35,41)(H,36,42). The fourth-order valence-electron chi connectivity index (χ4n) is 4.59. The van der Waals surface area contributed by atoms with E-state index in [-0.39, 0.29) is 59.1 Å². The van der Waals surface area contributed by atoms with Crippen LogP contribution < -0.4 is 32.4 Å². The predicted octanol–water partition coefficient (Wildman–Crippen LogP) is 3.60. The number of amides is 3. The lowest BCUT2D eigenvalue weighted by molar-refractivity contribution is -0.0177. The number of ether oxygens (including phenoxy) is 3. The van der Waals surface area contributed by atoms with Gasteiger partial charge in [0.2, 0.25) is 0 Å². The molecule has 0 saturated heterocycles. The third-order valence-electron chi connectivity index (χ3n) is 7.41. The minimum Gasteiger partial charge on any atom is -0.449 e. The molecule has 3 rings (SSSR count). The van der Waals surface area contributed by atoms with Gasteiger partial charge in [-0.2, -0.15) is 0 Å². The van der Waals surface area contributed by atoms with Crippen molar-refractivity contribution in [2.75, 3.05) is 19.8 Å². The number of hydrogen-bond acceptors (Lipinski definition) is 12. The summed E-state index contributed by atoms with van der Waals surface area (Å²) in [7, 11) is 0. The second-order valence-corrected chi connectivity index (χ2v) is 11.1. The highest BCUT2D eigenvalue weighted by molar-refractivity contribution is 5.68. The Balaban J connectivity index is 1.59. The Morgan fingerprint density at radius 1 is 0.521 bits per heavy atom. The van der Waals surface area contributed by atoms with Crippen LogP contribution in [-0.2, 0) is 53.5 Å². The van der Waals surface area contributed by atoms with Crippen LogP contribution in [0, 0.1) is 5.41 Å². The Hall–Kier alpha value is -4.77. The Kier molecular flexibility index (Phi) is 16.1. The van der Waals surface area contributed by atoms with Crippen LogP contribution in [0.3, 0.4) is 0 Å². The summed E-state index contributed by atoms with van der Waals surface area (Å²) < 4.78 is 16.5. The largest absolute Gasteiger partial charge is 0.449 e. The van der Waals surface area contributed by atoms with Gasteiger partial charge in [-0.25, -0.2) is 30.8 Å². The van der Waals surface area contributed by atoms with Crippen molar-refractivity contribution in [1.29, 1.82) is 0 Å². The zero-order chi connectivity index (χ0) is 34.6. The summed E-state index contributed by atoms with van der Waals surface area (Å²) >= 11 is 0. The first kappa shape index (κ1) is 37.7. The van der Waals surface area contributed by atoms with Gasteiger partial charge in [0.05, 0.1) is 5.41 Å². The predicted molar refractivity (Wildman–Crippen MR) is 172 cm³/mol. The minimum absolute atomic E-state index is 0.167. The van der Waals surface area contributed by atoms with Crippen LogP contribution in [0.2, 0.25) is 0 Å². The molecule has 0 aliphatic heterocycles. The molecule has 0 aliphatic rings. The van der Waals surface area contributed by atoms with Gasteiger partial charge in [-0.05, 0) is 39.8 Å². The molecule has 0 radical (unpaired) electrons. The molecule has 0 spiro atoms. The molecule has 15 heteroatoms. The lowest BCUT2D eigenvalue weighted by Crippen LogP contribution is -2.42. The second-order valence-electron chi connectivity index (χ2n) is 11.1. The Bertz CT molecular complexity index is 1290. The molecule has 260 valence electrons. The number of alkyl carbamates (subject to hydrolysis) is 3. The van der Waals surface area contributed by atoms with E-state index in [1.807, 2.05) is 54.6 Å². The molecule has 0 fully saturated rings. The fourth-order valence-corrected chi connectivity index (χ4v) is 4.59. The topological polar surface area (TPSA) is 212 Å². The summed E-state index contributed by atoms with van der Waals surface area (Å²) in [5.74, 6) is 0. The Labute approximate surface area is 278 Å². The van der Waals surface area contributed by atoms with Crippen LogP contribution >= 0.6 is 0 Å². The van der Waals surface area contributed by atoms with Gasteiger partial charge in [0, 0.05) is 39.3 Å². The highest BCUT2D eigenvalue weighted by Crippen LogP contribution is 2.24. The van der Waals surface area contributed by atoms with E-state index in [2.05, 4.69) is 32.4 Å². The van der Waals surface area contributed by atoms with Crippen LogP contribution in [0.5, 0.6) is 0 Å². The molecule has 0 heterocycles. The van der Waals surface area contributed by atoms with E-state index in [4.69, 9.17) is 29.8 Å². The van der Waals surface area contributed by atoms with Gasteiger partial charge < -0.3 is 45.8 Å². The van der Waals surface area contributed by atoms with Crippen LogP contribution in [0.15, 0.2) is 72.8 Å². The molecule has 0 atom stereocenters. The second kappa shape index (κ2) is 20.5. The summed E-state index contributed by atoms with van der Waals surface area (Å²) in [6.45, 7) is 2.37. The monoisotopic (exact) mass is 668 g/mol. The molecular weight excluding hydrogens is 624 g/mol. The molecular formula is C33H44N6O9. The molecule has 48 heavy (non-hydrogen) atoms. The van der Waals surface area contributed by atoms with Crippen LogP contribution in [0.25, 0.3) is 0 Å². The lowest BCUT2D eigenvalue weighted by Gasteiger charge is -2.31. The number of hydroxylamine groups is 3. The highest BCUT2D eigenvalue weighted by Gasteiger charge is 2.34. The maximum atomic E-state index is 12.7. The van der Waals surface area contributed by atoms with Gasteiger partial charge in [-0.15, -0.1) is 0 Å². The molecule has 0 saturated carbocycles. The average molecular weight is 669 g/mol. The van der Waals surface area contributed by atoms with E-state index in [0.717, 1.165) is 33.4 Å². The molecule has 0 aromatic heterocycles. The number of benzene rings is 3.